The van der Waals surface area contributed by atoms with E-state index in [1.165, 1.54) is 0 Å². The van der Waals surface area contributed by atoms with Crippen molar-refractivity contribution in [1.29, 1.82) is 0 Å². The first-order valence-electron chi connectivity index (χ1n) is 5.61. The van der Waals surface area contributed by atoms with Gasteiger partial charge < -0.3 is 21.5 Å². The van der Waals surface area contributed by atoms with Crippen molar-refractivity contribution >= 4 is 6.02 Å². The zero-order chi connectivity index (χ0) is 12.5. The van der Waals surface area contributed by atoms with Crippen LogP contribution in [0.4, 0.5) is 0 Å². The Kier molecular flexibility index (Phi) is 6.06. The van der Waals surface area contributed by atoms with Crippen molar-refractivity contribution < 1.29 is 4.74 Å². The predicted octanol–water partition coefficient (Wildman–Crippen LogP) is 0.196. The summed E-state index contributed by atoms with van der Waals surface area (Å²) in [6, 6.07) is 8.13. The molecule has 0 radical (unpaired) electrons. The van der Waals surface area contributed by atoms with E-state index in [-0.39, 0.29) is 6.02 Å². The van der Waals surface area contributed by atoms with E-state index in [4.69, 9.17) is 16.2 Å². The highest BCUT2D eigenvalue weighted by Crippen LogP contribution is 2.04. The van der Waals surface area contributed by atoms with Crippen molar-refractivity contribution in [3.63, 3.8) is 0 Å². The lowest BCUT2D eigenvalue weighted by Gasteiger charge is -2.06. The monoisotopic (exact) mass is 236 g/mol. The molecule has 1 aromatic carbocycles. The van der Waals surface area contributed by atoms with Crippen molar-refractivity contribution in [2.75, 3.05) is 20.1 Å². The second-order valence-corrected chi connectivity index (χ2v) is 3.63. The summed E-state index contributed by atoms with van der Waals surface area (Å²) < 4.78 is 5.32. The summed E-state index contributed by atoms with van der Waals surface area (Å²) in [6.45, 7) is 2.39. The molecule has 0 aliphatic carbocycles. The first-order valence-corrected chi connectivity index (χ1v) is 5.61. The zero-order valence-corrected chi connectivity index (χ0v) is 10.1. The first kappa shape index (κ1) is 13.5. The summed E-state index contributed by atoms with van der Waals surface area (Å²) in [5, 5.41) is 2.98. The maximum Gasteiger partial charge on any atom is 0.282 e. The van der Waals surface area contributed by atoms with Gasteiger partial charge in [0.25, 0.3) is 6.02 Å². The Balaban J connectivity index is 2.36. The highest BCUT2D eigenvalue weighted by molar-refractivity contribution is 5.71. The number of hydrogen-bond acceptors (Lipinski definition) is 4. The van der Waals surface area contributed by atoms with Gasteiger partial charge in [-0.3, -0.25) is 0 Å². The van der Waals surface area contributed by atoms with Crippen LogP contribution in [0.3, 0.4) is 0 Å². The molecule has 94 valence electrons. The van der Waals surface area contributed by atoms with Crippen molar-refractivity contribution in [2.45, 2.75) is 13.2 Å². The van der Waals surface area contributed by atoms with Gasteiger partial charge >= 0.3 is 0 Å². The predicted molar refractivity (Wildman–Crippen MR) is 69.5 cm³/mol. The molecule has 5 heteroatoms. The van der Waals surface area contributed by atoms with Gasteiger partial charge in [0.2, 0.25) is 0 Å². The number of hydrogen-bond donors (Lipinski definition) is 3. The largest absolute Gasteiger partial charge is 0.461 e. The number of benzene rings is 1. The summed E-state index contributed by atoms with van der Waals surface area (Å²) in [5.74, 6) is 0. The van der Waals surface area contributed by atoms with Crippen LogP contribution in [0.25, 0.3) is 0 Å². The van der Waals surface area contributed by atoms with Crippen molar-refractivity contribution in [3.8, 4) is 0 Å². The molecule has 1 rings (SSSR count). The molecule has 1 aromatic rings. The van der Waals surface area contributed by atoms with Crippen molar-refractivity contribution in [1.82, 2.24) is 5.32 Å². The van der Waals surface area contributed by atoms with Crippen LogP contribution in [-0.4, -0.2) is 26.2 Å². The molecule has 0 bridgehead atoms. The van der Waals surface area contributed by atoms with Gasteiger partial charge in [-0.25, -0.2) is 4.99 Å². The van der Waals surface area contributed by atoms with E-state index in [0.717, 1.165) is 17.7 Å². The molecule has 5 N–H and O–H groups in total. The Morgan fingerprint density at radius 1 is 1.29 bits per heavy atom. The van der Waals surface area contributed by atoms with Crippen LogP contribution in [0, 0.1) is 0 Å². The summed E-state index contributed by atoms with van der Waals surface area (Å²) in [6.07, 6.45) is 0. The lowest BCUT2D eigenvalue weighted by Crippen LogP contribution is -2.19. The van der Waals surface area contributed by atoms with E-state index in [0.29, 0.717) is 19.7 Å². The molecular weight excluding hydrogens is 216 g/mol. The smallest absolute Gasteiger partial charge is 0.282 e. The summed E-state index contributed by atoms with van der Waals surface area (Å²) >= 11 is 0. The fourth-order valence-corrected chi connectivity index (χ4v) is 1.25. The highest BCUT2D eigenvalue weighted by atomic mass is 16.5. The minimum Gasteiger partial charge on any atom is -0.461 e. The maximum atomic E-state index is 5.60. The van der Waals surface area contributed by atoms with E-state index in [1.807, 2.05) is 31.3 Å². The molecule has 0 unspecified atom stereocenters. The average molecular weight is 236 g/mol. The Labute approximate surface area is 102 Å². The molecule has 0 saturated heterocycles. The van der Waals surface area contributed by atoms with Gasteiger partial charge in [-0.2, -0.15) is 0 Å². The van der Waals surface area contributed by atoms with Gasteiger partial charge in [0, 0.05) is 13.1 Å². The summed E-state index contributed by atoms with van der Waals surface area (Å²) in [5.41, 5.74) is 13.3. The molecule has 0 aromatic heterocycles. The van der Waals surface area contributed by atoms with Crippen LogP contribution in [0.1, 0.15) is 11.1 Å². The summed E-state index contributed by atoms with van der Waals surface area (Å²) in [7, 11) is 1.87. The Hall–Kier alpha value is -1.59. The summed E-state index contributed by atoms with van der Waals surface area (Å²) in [4.78, 5) is 4.05. The fraction of sp³-hybridized carbons (Fsp3) is 0.417. The molecule has 0 spiro atoms. The number of rotatable bonds is 6. The topological polar surface area (TPSA) is 85.7 Å². The van der Waals surface area contributed by atoms with E-state index in [2.05, 4.69) is 10.3 Å². The van der Waals surface area contributed by atoms with Crippen molar-refractivity contribution in [2.24, 2.45) is 16.5 Å². The molecule has 0 aliphatic heterocycles. The lowest BCUT2D eigenvalue weighted by atomic mass is 10.1. The second kappa shape index (κ2) is 7.65. The van der Waals surface area contributed by atoms with Crippen LogP contribution in [0.5, 0.6) is 0 Å². The van der Waals surface area contributed by atoms with Crippen molar-refractivity contribution in [3.05, 3.63) is 35.4 Å². The van der Waals surface area contributed by atoms with Crippen LogP contribution in [0.15, 0.2) is 29.3 Å². The van der Waals surface area contributed by atoms with Gasteiger partial charge in [-0.05, 0) is 18.2 Å². The Morgan fingerprint density at radius 2 is 1.94 bits per heavy atom. The minimum atomic E-state index is 0.225. The van der Waals surface area contributed by atoms with Gasteiger partial charge in [0.1, 0.15) is 6.61 Å². The van der Waals surface area contributed by atoms with Gasteiger partial charge in [0.15, 0.2) is 0 Å². The number of amidine groups is 1. The number of nitrogens with two attached hydrogens (primary N) is 2. The molecular formula is C12H20N4O. The average Bonchev–Trinajstić information content (AvgIpc) is 2.37. The number of ether oxygens (including phenoxy) is 1. The zero-order valence-electron chi connectivity index (χ0n) is 10.1. The van der Waals surface area contributed by atoms with E-state index < -0.39 is 0 Å². The number of aliphatic imine (C=N–C) groups is 1. The van der Waals surface area contributed by atoms with Crippen LogP contribution in [-0.2, 0) is 17.9 Å². The van der Waals surface area contributed by atoms with E-state index in [9.17, 15) is 0 Å². The Morgan fingerprint density at radius 3 is 2.53 bits per heavy atom. The molecule has 0 fully saturated rings. The van der Waals surface area contributed by atoms with E-state index >= 15 is 0 Å². The van der Waals surface area contributed by atoms with Crippen LogP contribution >= 0.6 is 0 Å². The van der Waals surface area contributed by atoms with Crippen LogP contribution in [0.2, 0.25) is 0 Å². The Bertz CT molecular complexity index is 348. The third-order valence-corrected chi connectivity index (χ3v) is 2.27. The lowest BCUT2D eigenvalue weighted by molar-refractivity contribution is 0.286. The maximum absolute atomic E-state index is 5.60. The SMILES string of the molecule is CNCCN=C(N)OCc1ccc(CN)cc1. The first-order chi connectivity index (χ1) is 8.26. The number of nitrogens with zero attached hydrogens (tertiary/aromatic N) is 1. The fourth-order valence-electron chi connectivity index (χ4n) is 1.25. The molecule has 0 amide bonds. The molecule has 0 atom stereocenters. The molecule has 0 aliphatic rings. The number of nitrogens with one attached hydrogen (secondary N) is 1. The standard InChI is InChI=1S/C12H20N4O/c1-15-6-7-16-12(14)17-9-11-4-2-10(8-13)3-5-11/h2-5,15H,6-9,13H2,1H3,(H2,14,16). The quantitative estimate of drug-likeness (QED) is 0.374. The minimum absolute atomic E-state index is 0.225. The normalized spacial score (nSPS) is 11.5. The highest BCUT2D eigenvalue weighted by Gasteiger charge is 1.96. The second-order valence-electron chi connectivity index (χ2n) is 3.63. The third-order valence-electron chi connectivity index (χ3n) is 2.27. The molecule has 5 nitrogen and oxygen atoms in total. The molecule has 0 heterocycles. The van der Waals surface area contributed by atoms with Gasteiger partial charge in [-0.1, -0.05) is 24.3 Å². The van der Waals surface area contributed by atoms with E-state index in [1.54, 1.807) is 0 Å². The number of likely N-dealkylation sites (N-methyl/N-ethyl adjacent to an activating group) is 1. The molecule has 0 saturated carbocycles. The van der Waals surface area contributed by atoms with Gasteiger partial charge in [0.05, 0.1) is 6.54 Å². The molecule has 17 heavy (non-hydrogen) atoms. The van der Waals surface area contributed by atoms with Gasteiger partial charge in [-0.15, -0.1) is 0 Å². The van der Waals surface area contributed by atoms with Crippen LogP contribution < -0.4 is 16.8 Å². The third kappa shape index (κ3) is 5.33.